The van der Waals surface area contributed by atoms with E-state index in [1.165, 1.54) is 12.1 Å². The molecule has 1 unspecified atom stereocenters. The van der Waals surface area contributed by atoms with E-state index >= 15 is 0 Å². The van der Waals surface area contributed by atoms with Crippen molar-refractivity contribution >= 4 is 11.6 Å². The minimum absolute atomic E-state index is 0.244. The van der Waals surface area contributed by atoms with Crippen LogP contribution in [0.3, 0.4) is 0 Å². The second kappa shape index (κ2) is 6.64. The Morgan fingerprint density at radius 1 is 1.19 bits per heavy atom. The number of nitrogens with one attached hydrogen (secondary N) is 1. The number of rotatable bonds is 4. The number of para-hydroxylation sites is 1. The summed E-state index contributed by atoms with van der Waals surface area (Å²) in [7, 11) is 0. The fourth-order valence-corrected chi connectivity index (χ4v) is 3.32. The van der Waals surface area contributed by atoms with Crippen LogP contribution in [0.15, 0.2) is 48.5 Å². The third kappa shape index (κ3) is 3.03. The molecule has 1 amide bonds. The first-order valence-corrected chi connectivity index (χ1v) is 8.21. The van der Waals surface area contributed by atoms with Gasteiger partial charge in [0.15, 0.2) is 0 Å². The zero-order chi connectivity index (χ0) is 18.9. The van der Waals surface area contributed by atoms with Crippen LogP contribution in [0.1, 0.15) is 21.5 Å². The second-order valence-electron chi connectivity index (χ2n) is 6.37. The molecule has 26 heavy (non-hydrogen) atoms. The first-order valence-electron chi connectivity index (χ1n) is 8.21. The van der Waals surface area contributed by atoms with Gasteiger partial charge in [0, 0.05) is 24.2 Å². The van der Waals surface area contributed by atoms with Gasteiger partial charge in [-0.15, -0.1) is 0 Å². The maximum atomic E-state index is 14.3. The molecule has 138 valence electrons. The topological polar surface area (TPSA) is 52.6 Å². The van der Waals surface area contributed by atoms with Crippen LogP contribution in [0.25, 0.3) is 0 Å². The summed E-state index contributed by atoms with van der Waals surface area (Å²) < 4.78 is 42.8. The SMILES string of the molecule is Cc1ccc2c(c1)C(=O)N(CCO)C(Nc1ccccc1)(C(F)(F)F)C2. The largest absolute Gasteiger partial charge is 0.430 e. The van der Waals surface area contributed by atoms with Crippen LogP contribution in [-0.4, -0.2) is 40.9 Å². The molecular formula is C19H19F3N2O2. The van der Waals surface area contributed by atoms with Crippen molar-refractivity contribution in [3.8, 4) is 0 Å². The van der Waals surface area contributed by atoms with Gasteiger partial charge in [0.2, 0.25) is 5.66 Å². The summed E-state index contributed by atoms with van der Waals surface area (Å²) in [5.41, 5.74) is -1.02. The van der Waals surface area contributed by atoms with Crippen LogP contribution < -0.4 is 5.32 Å². The number of carbonyl (C=O) groups excluding carboxylic acids is 1. The Bertz CT molecular complexity index is 808. The molecule has 7 heteroatoms. The fourth-order valence-electron chi connectivity index (χ4n) is 3.32. The molecule has 0 saturated carbocycles. The molecule has 2 aromatic carbocycles. The number of nitrogens with zero attached hydrogens (tertiary/aromatic N) is 1. The average molecular weight is 364 g/mol. The molecule has 0 radical (unpaired) electrons. The van der Waals surface area contributed by atoms with Gasteiger partial charge in [-0.2, -0.15) is 13.2 Å². The molecule has 1 atom stereocenters. The third-order valence-corrected chi connectivity index (χ3v) is 4.57. The van der Waals surface area contributed by atoms with Gasteiger partial charge in [0.05, 0.1) is 6.61 Å². The molecule has 1 heterocycles. The molecule has 0 saturated heterocycles. The predicted molar refractivity (Wildman–Crippen MR) is 91.9 cm³/mol. The molecule has 3 rings (SSSR count). The van der Waals surface area contributed by atoms with Crippen LogP contribution in [0.4, 0.5) is 18.9 Å². The Balaban J connectivity index is 2.17. The summed E-state index contributed by atoms with van der Waals surface area (Å²) in [4.78, 5) is 13.6. The third-order valence-electron chi connectivity index (χ3n) is 4.57. The van der Waals surface area contributed by atoms with Gasteiger partial charge >= 0.3 is 6.18 Å². The highest BCUT2D eigenvalue weighted by Crippen LogP contribution is 2.43. The Morgan fingerprint density at radius 3 is 2.50 bits per heavy atom. The van der Waals surface area contributed by atoms with Gasteiger partial charge in [-0.1, -0.05) is 35.9 Å². The van der Waals surface area contributed by atoms with Crippen LogP contribution in [0.2, 0.25) is 0 Å². The van der Waals surface area contributed by atoms with E-state index in [1.807, 2.05) is 0 Å². The molecule has 0 spiro atoms. The number of anilines is 1. The Labute approximate surface area is 149 Å². The van der Waals surface area contributed by atoms with E-state index in [4.69, 9.17) is 0 Å². The molecular weight excluding hydrogens is 345 g/mol. The van der Waals surface area contributed by atoms with E-state index in [-0.39, 0.29) is 11.3 Å². The van der Waals surface area contributed by atoms with Crippen molar-refractivity contribution in [2.45, 2.75) is 25.2 Å². The second-order valence-corrected chi connectivity index (χ2v) is 6.37. The summed E-state index contributed by atoms with van der Waals surface area (Å²) in [6.45, 7) is 0.782. The van der Waals surface area contributed by atoms with Crippen LogP contribution in [0.5, 0.6) is 0 Å². The van der Waals surface area contributed by atoms with Crippen molar-refractivity contribution in [2.24, 2.45) is 0 Å². The quantitative estimate of drug-likeness (QED) is 0.875. The van der Waals surface area contributed by atoms with Gasteiger partial charge in [-0.25, -0.2) is 0 Å². The summed E-state index contributed by atoms with van der Waals surface area (Å²) in [6, 6.07) is 12.8. The zero-order valence-electron chi connectivity index (χ0n) is 14.2. The number of amides is 1. The van der Waals surface area contributed by atoms with E-state index in [0.717, 1.165) is 5.56 Å². The first kappa shape index (κ1) is 18.3. The number of benzene rings is 2. The number of aliphatic hydroxyl groups excluding tert-OH is 1. The number of carbonyl (C=O) groups is 1. The maximum Gasteiger partial charge on any atom is 0.430 e. The number of aryl methyl sites for hydroxylation is 1. The lowest BCUT2D eigenvalue weighted by Crippen LogP contribution is -2.69. The Kier molecular flexibility index (Phi) is 4.66. The summed E-state index contributed by atoms with van der Waals surface area (Å²) in [6.07, 6.45) is -5.19. The summed E-state index contributed by atoms with van der Waals surface area (Å²) in [5, 5.41) is 11.8. The molecule has 0 aromatic heterocycles. The van der Waals surface area contributed by atoms with Crippen molar-refractivity contribution < 1.29 is 23.1 Å². The lowest BCUT2D eigenvalue weighted by atomic mass is 9.86. The van der Waals surface area contributed by atoms with Crippen molar-refractivity contribution in [3.63, 3.8) is 0 Å². The molecule has 2 aromatic rings. The molecule has 0 aliphatic carbocycles. The van der Waals surface area contributed by atoms with Crippen molar-refractivity contribution in [3.05, 3.63) is 65.2 Å². The summed E-state index contributed by atoms with van der Waals surface area (Å²) >= 11 is 0. The molecule has 0 bridgehead atoms. The number of hydrogen-bond donors (Lipinski definition) is 2. The fraction of sp³-hybridized carbons (Fsp3) is 0.316. The minimum atomic E-state index is -4.75. The molecule has 4 nitrogen and oxygen atoms in total. The predicted octanol–water partition coefficient (Wildman–Crippen LogP) is 3.36. The average Bonchev–Trinajstić information content (AvgIpc) is 2.59. The lowest BCUT2D eigenvalue weighted by Gasteiger charge is -2.48. The number of fused-ring (bicyclic) bond motifs is 1. The van der Waals surface area contributed by atoms with Gasteiger partial charge in [-0.05, 0) is 30.7 Å². The molecule has 2 N–H and O–H groups in total. The minimum Gasteiger partial charge on any atom is -0.395 e. The highest BCUT2D eigenvalue weighted by atomic mass is 19.4. The lowest BCUT2D eigenvalue weighted by molar-refractivity contribution is -0.216. The number of aliphatic hydroxyl groups is 1. The van der Waals surface area contributed by atoms with E-state index in [1.54, 1.807) is 43.3 Å². The number of alkyl halides is 3. The van der Waals surface area contributed by atoms with Gasteiger partial charge in [0.25, 0.3) is 5.91 Å². The highest BCUT2D eigenvalue weighted by Gasteiger charge is 2.62. The van der Waals surface area contributed by atoms with Crippen molar-refractivity contribution in [1.82, 2.24) is 4.90 Å². The van der Waals surface area contributed by atoms with Gasteiger partial charge < -0.3 is 15.3 Å². The number of halogens is 3. The number of β-amino-alcohol motifs (C(OH)–C–C–N with tert-alkyl or cyclic N) is 1. The van der Waals surface area contributed by atoms with E-state index in [9.17, 15) is 23.1 Å². The van der Waals surface area contributed by atoms with E-state index in [2.05, 4.69) is 5.32 Å². The Hall–Kier alpha value is -2.54. The van der Waals surface area contributed by atoms with Crippen LogP contribution in [-0.2, 0) is 6.42 Å². The first-order chi connectivity index (χ1) is 12.3. The summed E-state index contributed by atoms with van der Waals surface area (Å²) in [5.74, 6) is -0.746. The maximum absolute atomic E-state index is 14.3. The van der Waals surface area contributed by atoms with Crippen LogP contribution >= 0.6 is 0 Å². The Morgan fingerprint density at radius 2 is 1.88 bits per heavy atom. The van der Waals surface area contributed by atoms with Gasteiger partial charge in [-0.3, -0.25) is 4.79 Å². The monoisotopic (exact) mass is 364 g/mol. The standard InChI is InChI=1S/C19H19F3N2O2/c1-13-7-8-14-12-18(19(20,21)22,23-15-5-3-2-4-6-15)24(9-10-25)17(26)16(14)11-13/h2-8,11,23,25H,9-10,12H2,1H3. The van der Waals surface area contributed by atoms with Gasteiger partial charge in [0.1, 0.15) is 0 Å². The normalized spacial score (nSPS) is 20.0. The van der Waals surface area contributed by atoms with E-state index < -0.39 is 37.3 Å². The van der Waals surface area contributed by atoms with E-state index in [0.29, 0.717) is 10.5 Å². The van der Waals surface area contributed by atoms with Crippen LogP contribution in [0, 0.1) is 6.92 Å². The highest BCUT2D eigenvalue weighted by molar-refractivity contribution is 5.98. The smallest absolute Gasteiger partial charge is 0.395 e. The molecule has 1 aliphatic rings. The molecule has 0 fully saturated rings. The van der Waals surface area contributed by atoms with Crippen molar-refractivity contribution in [2.75, 3.05) is 18.5 Å². The number of hydrogen-bond acceptors (Lipinski definition) is 3. The zero-order valence-corrected chi connectivity index (χ0v) is 14.2. The molecule has 1 aliphatic heterocycles. The van der Waals surface area contributed by atoms with Crippen molar-refractivity contribution in [1.29, 1.82) is 0 Å².